The Kier molecular flexibility index (Phi) is 7.20. The first-order valence-corrected chi connectivity index (χ1v) is 10.9. The van der Waals surface area contributed by atoms with Gasteiger partial charge in [0.25, 0.3) is 5.91 Å². The number of hydrogen-bond donors (Lipinski definition) is 1. The van der Waals surface area contributed by atoms with Crippen molar-refractivity contribution in [3.05, 3.63) is 107 Å². The molecule has 0 atom stereocenters. The van der Waals surface area contributed by atoms with E-state index in [1.165, 1.54) is 6.21 Å². The molecule has 1 amide bonds. The van der Waals surface area contributed by atoms with Gasteiger partial charge in [0.2, 0.25) is 0 Å². The highest BCUT2D eigenvalue weighted by molar-refractivity contribution is 6.30. The van der Waals surface area contributed by atoms with Gasteiger partial charge in [-0.3, -0.25) is 4.79 Å². The number of rotatable bonds is 7. The van der Waals surface area contributed by atoms with E-state index in [0.717, 1.165) is 16.3 Å². The summed E-state index contributed by atoms with van der Waals surface area (Å²) in [5.74, 6) is -0.0673. The fourth-order valence-corrected chi connectivity index (χ4v) is 3.44. The van der Waals surface area contributed by atoms with Gasteiger partial charge in [0, 0.05) is 10.6 Å². The summed E-state index contributed by atoms with van der Waals surface area (Å²) in [6.07, 6.45) is 1.46. The number of esters is 1. The molecule has 7 heteroatoms. The van der Waals surface area contributed by atoms with Gasteiger partial charge in [-0.15, -0.1) is 0 Å². The number of hydrazone groups is 1. The molecule has 4 rings (SSSR count). The Morgan fingerprint density at radius 3 is 2.56 bits per heavy atom. The van der Waals surface area contributed by atoms with Crippen LogP contribution in [0.5, 0.6) is 11.5 Å². The van der Waals surface area contributed by atoms with Gasteiger partial charge in [-0.1, -0.05) is 59.6 Å². The smallest absolute Gasteiger partial charge is 0.343 e. The molecule has 0 spiro atoms. The third-order valence-electron chi connectivity index (χ3n) is 4.95. The number of nitrogens with zero attached hydrogens (tertiary/aromatic N) is 1. The minimum absolute atomic E-state index is 0.219. The molecule has 0 saturated heterocycles. The van der Waals surface area contributed by atoms with Crippen LogP contribution in [0.15, 0.2) is 90.0 Å². The number of ether oxygens (including phenoxy) is 2. The summed E-state index contributed by atoms with van der Waals surface area (Å²) in [6.45, 7) is 1.69. The molecule has 4 aromatic rings. The maximum Gasteiger partial charge on any atom is 0.343 e. The van der Waals surface area contributed by atoms with Crippen LogP contribution in [0.3, 0.4) is 0 Å². The van der Waals surface area contributed by atoms with Crippen LogP contribution < -0.4 is 14.9 Å². The van der Waals surface area contributed by atoms with E-state index in [9.17, 15) is 9.59 Å². The highest BCUT2D eigenvalue weighted by atomic mass is 35.5. The SMILES string of the molecule is Cc1cccc(C(=O)Oc2ccc3ccccc3c2/C=N/NC(=O)COc2ccc(Cl)cc2)c1. The first-order valence-electron chi connectivity index (χ1n) is 10.5. The predicted molar refractivity (Wildman–Crippen MR) is 133 cm³/mol. The average molecular weight is 473 g/mol. The molecule has 0 aliphatic carbocycles. The summed E-state index contributed by atoms with van der Waals surface area (Å²) in [6, 6.07) is 25.1. The molecule has 0 fully saturated rings. The van der Waals surface area contributed by atoms with Crippen LogP contribution in [-0.2, 0) is 4.79 Å². The topological polar surface area (TPSA) is 77.0 Å². The van der Waals surface area contributed by atoms with Crippen LogP contribution in [0, 0.1) is 6.92 Å². The zero-order valence-electron chi connectivity index (χ0n) is 18.3. The highest BCUT2D eigenvalue weighted by Gasteiger charge is 2.14. The van der Waals surface area contributed by atoms with Crippen LogP contribution in [0.25, 0.3) is 10.8 Å². The van der Waals surface area contributed by atoms with Crippen LogP contribution in [0.1, 0.15) is 21.5 Å². The lowest BCUT2D eigenvalue weighted by Crippen LogP contribution is -2.24. The van der Waals surface area contributed by atoms with Crippen molar-refractivity contribution in [3.8, 4) is 11.5 Å². The lowest BCUT2D eigenvalue weighted by Gasteiger charge is -2.11. The second-order valence-electron chi connectivity index (χ2n) is 7.49. The quantitative estimate of drug-likeness (QED) is 0.165. The molecule has 0 aliphatic heterocycles. The summed E-state index contributed by atoms with van der Waals surface area (Å²) in [5, 5.41) is 6.40. The first-order chi connectivity index (χ1) is 16.5. The summed E-state index contributed by atoms with van der Waals surface area (Å²) < 4.78 is 11.1. The van der Waals surface area contributed by atoms with E-state index >= 15 is 0 Å². The van der Waals surface area contributed by atoms with Crippen molar-refractivity contribution < 1.29 is 19.1 Å². The standard InChI is InChI=1S/C27H21ClN2O4/c1-18-5-4-7-20(15-18)27(32)34-25-14-9-19-6-2-3-8-23(19)24(25)16-29-30-26(31)17-33-22-12-10-21(28)11-13-22/h2-16H,17H2,1H3,(H,30,31)/b29-16+. The van der Waals surface area contributed by atoms with Crippen molar-refractivity contribution in [2.24, 2.45) is 5.10 Å². The summed E-state index contributed by atoms with van der Waals surface area (Å²) in [5.41, 5.74) is 4.41. The van der Waals surface area contributed by atoms with Crippen molar-refractivity contribution >= 4 is 40.5 Å². The van der Waals surface area contributed by atoms with Crippen molar-refractivity contribution in [1.29, 1.82) is 0 Å². The lowest BCUT2D eigenvalue weighted by atomic mass is 10.0. The van der Waals surface area contributed by atoms with Crippen molar-refractivity contribution in [3.63, 3.8) is 0 Å². The maximum atomic E-state index is 12.7. The number of fused-ring (bicyclic) bond motifs is 1. The minimum atomic E-state index is -0.478. The summed E-state index contributed by atoms with van der Waals surface area (Å²) >= 11 is 5.84. The van der Waals surface area contributed by atoms with Crippen LogP contribution in [0.2, 0.25) is 5.02 Å². The van der Waals surface area contributed by atoms with Gasteiger partial charge < -0.3 is 9.47 Å². The van der Waals surface area contributed by atoms with E-state index in [-0.39, 0.29) is 6.61 Å². The van der Waals surface area contributed by atoms with Crippen LogP contribution in [0.4, 0.5) is 0 Å². The van der Waals surface area contributed by atoms with Gasteiger partial charge in [0.05, 0.1) is 11.8 Å². The first kappa shape index (κ1) is 23.0. The molecular weight excluding hydrogens is 452 g/mol. The van der Waals surface area contributed by atoms with Crippen molar-refractivity contribution in [2.75, 3.05) is 6.61 Å². The Hall–Kier alpha value is -4.16. The Morgan fingerprint density at radius 2 is 1.76 bits per heavy atom. The second-order valence-corrected chi connectivity index (χ2v) is 7.93. The molecule has 1 N–H and O–H groups in total. The number of halogens is 1. The molecule has 4 aromatic carbocycles. The summed E-state index contributed by atoms with van der Waals surface area (Å²) in [7, 11) is 0. The normalized spacial score (nSPS) is 10.9. The van der Waals surface area contributed by atoms with E-state index in [2.05, 4.69) is 10.5 Å². The molecule has 170 valence electrons. The second kappa shape index (κ2) is 10.6. The van der Waals surface area contributed by atoms with E-state index < -0.39 is 11.9 Å². The molecule has 0 unspecified atom stereocenters. The Labute approximate surface area is 201 Å². The number of carbonyl (C=O) groups excluding carboxylic acids is 2. The van der Waals surface area contributed by atoms with E-state index in [1.54, 1.807) is 48.5 Å². The molecule has 34 heavy (non-hydrogen) atoms. The van der Waals surface area contributed by atoms with Gasteiger partial charge >= 0.3 is 5.97 Å². The monoisotopic (exact) mass is 472 g/mol. The third kappa shape index (κ3) is 5.79. The van der Waals surface area contributed by atoms with Gasteiger partial charge in [-0.25, -0.2) is 10.2 Å². The summed E-state index contributed by atoms with van der Waals surface area (Å²) in [4.78, 5) is 24.9. The molecule has 0 aliphatic rings. The zero-order chi connectivity index (χ0) is 23.9. The molecule has 0 aromatic heterocycles. The van der Waals surface area contributed by atoms with Crippen LogP contribution >= 0.6 is 11.6 Å². The molecular formula is C27H21ClN2O4. The lowest BCUT2D eigenvalue weighted by molar-refractivity contribution is -0.123. The molecule has 0 radical (unpaired) electrons. The fraction of sp³-hybridized carbons (Fsp3) is 0.0741. The Balaban J connectivity index is 1.50. The number of hydrogen-bond acceptors (Lipinski definition) is 5. The zero-order valence-corrected chi connectivity index (χ0v) is 19.1. The van der Waals surface area contributed by atoms with Gasteiger partial charge in [0.1, 0.15) is 11.5 Å². The van der Waals surface area contributed by atoms with Crippen LogP contribution in [-0.4, -0.2) is 24.7 Å². The molecule has 0 heterocycles. The number of amides is 1. The predicted octanol–water partition coefficient (Wildman–Crippen LogP) is 5.55. The largest absolute Gasteiger partial charge is 0.484 e. The fourth-order valence-electron chi connectivity index (χ4n) is 3.31. The number of aryl methyl sites for hydroxylation is 1. The molecule has 0 saturated carbocycles. The number of nitrogens with one attached hydrogen (secondary N) is 1. The molecule has 6 nitrogen and oxygen atoms in total. The van der Waals surface area contributed by atoms with Crippen molar-refractivity contribution in [2.45, 2.75) is 6.92 Å². The number of benzene rings is 4. The average Bonchev–Trinajstić information content (AvgIpc) is 2.84. The number of carbonyl (C=O) groups is 2. The van der Waals surface area contributed by atoms with Gasteiger partial charge in [-0.05, 0) is 60.2 Å². The highest BCUT2D eigenvalue weighted by Crippen LogP contribution is 2.27. The third-order valence-corrected chi connectivity index (χ3v) is 5.21. The molecule has 0 bridgehead atoms. The van der Waals surface area contributed by atoms with Gasteiger partial charge in [0.15, 0.2) is 6.61 Å². The van der Waals surface area contributed by atoms with E-state index in [1.807, 2.05) is 43.3 Å². The van der Waals surface area contributed by atoms with Crippen molar-refractivity contribution in [1.82, 2.24) is 5.43 Å². The van der Waals surface area contributed by atoms with E-state index in [4.69, 9.17) is 21.1 Å². The van der Waals surface area contributed by atoms with E-state index in [0.29, 0.717) is 27.6 Å². The van der Waals surface area contributed by atoms with Gasteiger partial charge in [-0.2, -0.15) is 5.10 Å². The Bertz CT molecular complexity index is 1370. The Morgan fingerprint density at radius 1 is 0.971 bits per heavy atom. The maximum absolute atomic E-state index is 12.7. The minimum Gasteiger partial charge on any atom is -0.484 e.